The number of hydrogen-bond donors (Lipinski definition) is 2. The van der Waals surface area contributed by atoms with Crippen molar-refractivity contribution in [2.45, 2.75) is 12.5 Å². The fourth-order valence-corrected chi connectivity index (χ4v) is 3.84. The lowest BCUT2D eigenvalue weighted by atomic mass is 9.95. The highest BCUT2D eigenvalue weighted by Gasteiger charge is 2.29. The van der Waals surface area contributed by atoms with Gasteiger partial charge < -0.3 is 20.2 Å². The number of rotatable bonds is 5. The summed E-state index contributed by atoms with van der Waals surface area (Å²) in [6.07, 6.45) is -0.642. The van der Waals surface area contributed by atoms with Crippen molar-refractivity contribution < 1.29 is 27.9 Å². The van der Waals surface area contributed by atoms with Crippen LogP contribution >= 0.6 is 11.6 Å². The molecule has 2 aliphatic heterocycles. The number of amides is 1. The Hall–Kier alpha value is -2.88. The predicted molar refractivity (Wildman–Crippen MR) is 112 cm³/mol. The second-order valence-corrected chi connectivity index (χ2v) is 7.89. The van der Waals surface area contributed by atoms with Gasteiger partial charge in [-0.3, -0.25) is 4.79 Å². The summed E-state index contributed by atoms with van der Waals surface area (Å²) in [4.78, 5) is 28.5. The molecule has 1 fully saturated rings. The molecule has 0 aromatic heterocycles. The van der Waals surface area contributed by atoms with Crippen molar-refractivity contribution in [3.05, 3.63) is 69.7 Å². The average molecular weight is 464 g/mol. The summed E-state index contributed by atoms with van der Waals surface area (Å²) in [5.74, 6) is -2.78. The largest absolute Gasteiger partial charge is 0.372 e. The van der Waals surface area contributed by atoms with E-state index in [9.17, 15) is 18.4 Å². The quantitative estimate of drug-likeness (QED) is 0.665. The van der Waals surface area contributed by atoms with Gasteiger partial charge in [0.2, 0.25) is 0 Å². The van der Waals surface area contributed by atoms with Crippen LogP contribution in [0.1, 0.15) is 34.0 Å². The van der Waals surface area contributed by atoms with Gasteiger partial charge in [-0.2, -0.15) is 0 Å². The van der Waals surface area contributed by atoms with E-state index in [1.807, 2.05) is 0 Å². The Bertz CT molecular complexity index is 1080. The molecular formula is C22H20ClF2N3O4. The SMILES string of the molecule is O=C1CC(c2cccc(C(=O)NC[C@@H]3CNCCO[C@H]3c3ccc(Cl)c(F)c3)c2F)=NO1. The second-order valence-electron chi connectivity index (χ2n) is 7.48. The molecule has 1 saturated heterocycles. The zero-order valence-electron chi connectivity index (χ0n) is 16.9. The van der Waals surface area contributed by atoms with Gasteiger partial charge in [0.25, 0.3) is 5.91 Å². The van der Waals surface area contributed by atoms with E-state index in [1.165, 1.54) is 30.3 Å². The van der Waals surface area contributed by atoms with E-state index >= 15 is 0 Å². The minimum absolute atomic E-state index is 0.0136. The lowest BCUT2D eigenvalue weighted by Gasteiger charge is -2.25. The topological polar surface area (TPSA) is 89.0 Å². The molecule has 2 atom stereocenters. The molecule has 2 aromatic rings. The van der Waals surface area contributed by atoms with Gasteiger partial charge in [0.05, 0.1) is 29.7 Å². The van der Waals surface area contributed by atoms with Crippen LogP contribution in [0, 0.1) is 17.6 Å². The van der Waals surface area contributed by atoms with Crippen molar-refractivity contribution >= 4 is 29.2 Å². The van der Waals surface area contributed by atoms with Crippen LogP contribution in [0.15, 0.2) is 41.6 Å². The van der Waals surface area contributed by atoms with Crippen LogP contribution in [-0.2, 0) is 14.4 Å². The highest BCUT2D eigenvalue weighted by molar-refractivity contribution is 6.30. The standard InChI is InChI=1S/C22H20ClF2N3O4/c23-16-5-4-12(8-17(16)24)21-13(10-26-6-7-31-21)11-27-22(30)15-3-1-2-14(20(15)25)18-9-19(29)32-28-18/h1-5,8,13,21,26H,6-7,9-11H2,(H,27,30)/t13-,21-/m0/s1. The molecule has 7 nitrogen and oxygen atoms in total. The van der Waals surface area contributed by atoms with Gasteiger partial charge in [-0.1, -0.05) is 35.0 Å². The fourth-order valence-electron chi connectivity index (χ4n) is 3.73. The van der Waals surface area contributed by atoms with Crippen molar-refractivity contribution in [1.29, 1.82) is 0 Å². The second kappa shape index (κ2) is 9.72. The molecule has 1 amide bonds. The molecule has 0 saturated carbocycles. The molecule has 0 aliphatic carbocycles. The first-order valence-electron chi connectivity index (χ1n) is 10.0. The van der Waals surface area contributed by atoms with Crippen LogP contribution in [-0.4, -0.2) is 43.8 Å². The lowest BCUT2D eigenvalue weighted by Crippen LogP contribution is -2.37. The Morgan fingerprint density at radius 1 is 1.28 bits per heavy atom. The molecule has 2 aliphatic rings. The van der Waals surface area contributed by atoms with Crippen LogP contribution in [0.4, 0.5) is 8.78 Å². The van der Waals surface area contributed by atoms with E-state index in [1.54, 1.807) is 6.07 Å². The Kier molecular flexibility index (Phi) is 6.78. The van der Waals surface area contributed by atoms with Crippen LogP contribution in [0.3, 0.4) is 0 Å². The van der Waals surface area contributed by atoms with E-state index < -0.39 is 29.6 Å². The zero-order chi connectivity index (χ0) is 22.7. The molecule has 2 N–H and O–H groups in total. The minimum Gasteiger partial charge on any atom is -0.372 e. The van der Waals surface area contributed by atoms with Crippen LogP contribution in [0.25, 0.3) is 0 Å². The highest BCUT2D eigenvalue weighted by Crippen LogP contribution is 2.29. The maximum absolute atomic E-state index is 15.0. The molecule has 2 aromatic carbocycles. The number of nitrogens with one attached hydrogen (secondary N) is 2. The van der Waals surface area contributed by atoms with Crippen molar-refractivity contribution in [2.75, 3.05) is 26.2 Å². The number of benzene rings is 2. The minimum atomic E-state index is -0.784. The summed E-state index contributed by atoms with van der Waals surface area (Å²) in [5.41, 5.74) is 0.596. The van der Waals surface area contributed by atoms with Gasteiger partial charge >= 0.3 is 5.97 Å². The zero-order valence-corrected chi connectivity index (χ0v) is 17.6. The monoisotopic (exact) mass is 463 g/mol. The first kappa shape index (κ1) is 22.3. The van der Waals surface area contributed by atoms with E-state index in [-0.39, 0.29) is 40.7 Å². The normalized spacial score (nSPS) is 21.0. The van der Waals surface area contributed by atoms with E-state index in [0.717, 1.165) is 0 Å². The van der Waals surface area contributed by atoms with Crippen molar-refractivity contribution in [2.24, 2.45) is 11.1 Å². The van der Waals surface area contributed by atoms with Gasteiger partial charge in [-0.15, -0.1) is 0 Å². The van der Waals surface area contributed by atoms with Crippen molar-refractivity contribution in [3.63, 3.8) is 0 Å². The number of carbonyl (C=O) groups is 2. The third kappa shape index (κ3) is 4.79. The van der Waals surface area contributed by atoms with Crippen LogP contribution in [0.2, 0.25) is 5.02 Å². The third-order valence-corrected chi connectivity index (χ3v) is 5.64. The molecule has 10 heteroatoms. The molecule has 0 spiro atoms. The number of carbonyl (C=O) groups excluding carboxylic acids is 2. The van der Waals surface area contributed by atoms with Gasteiger partial charge in [0, 0.05) is 31.1 Å². The summed E-state index contributed by atoms with van der Waals surface area (Å²) >= 11 is 5.79. The number of hydrogen-bond acceptors (Lipinski definition) is 6. The molecule has 168 valence electrons. The molecular weight excluding hydrogens is 444 g/mol. The molecule has 32 heavy (non-hydrogen) atoms. The summed E-state index contributed by atoms with van der Waals surface area (Å²) in [6.45, 7) is 1.69. The molecule has 0 bridgehead atoms. The van der Waals surface area contributed by atoms with E-state index in [4.69, 9.17) is 16.3 Å². The molecule has 0 unspecified atom stereocenters. The Morgan fingerprint density at radius 3 is 2.88 bits per heavy atom. The highest BCUT2D eigenvalue weighted by atomic mass is 35.5. The summed E-state index contributed by atoms with van der Waals surface area (Å²) in [5, 5.41) is 9.53. The Morgan fingerprint density at radius 2 is 2.12 bits per heavy atom. The fraction of sp³-hybridized carbons (Fsp3) is 0.318. The predicted octanol–water partition coefficient (Wildman–Crippen LogP) is 2.98. The average Bonchev–Trinajstić information content (AvgIpc) is 3.07. The lowest BCUT2D eigenvalue weighted by molar-refractivity contribution is -0.140. The van der Waals surface area contributed by atoms with Gasteiger partial charge in [0.15, 0.2) is 0 Å². The smallest absolute Gasteiger partial charge is 0.341 e. The Labute approximate surface area is 187 Å². The van der Waals surface area contributed by atoms with Gasteiger partial charge in [-0.25, -0.2) is 13.6 Å². The number of halogens is 3. The summed E-state index contributed by atoms with van der Waals surface area (Å²) in [6, 6.07) is 8.76. The number of nitrogens with zero attached hydrogens (tertiary/aromatic N) is 1. The van der Waals surface area contributed by atoms with E-state index in [0.29, 0.717) is 25.3 Å². The Balaban J connectivity index is 1.49. The van der Waals surface area contributed by atoms with Crippen molar-refractivity contribution in [3.8, 4) is 0 Å². The van der Waals surface area contributed by atoms with Crippen molar-refractivity contribution in [1.82, 2.24) is 10.6 Å². The molecule has 4 rings (SSSR count). The summed E-state index contributed by atoms with van der Waals surface area (Å²) in [7, 11) is 0. The van der Waals surface area contributed by atoms with Crippen LogP contribution < -0.4 is 10.6 Å². The maximum Gasteiger partial charge on any atom is 0.341 e. The number of ether oxygens (including phenoxy) is 1. The van der Waals surface area contributed by atoms with E-state index in [2.05, 4.69) is 20.6 Å². The van der Waals surface area contributed by atoms with Crippen LogP contribution in [0.5, 0.6) is 0 Å². The number of oxime groups is 1. The molecule has 0 radical (unpaired) electrons. The maximum atomic E-state index is 15.0. The first-order valence-corrected chi connectivity index (χ1v) is 10.4. The first-order chi connectivity index (χ1) is 15.4. The third-order valence-electron chi connectivity index (χ3n) is 5.33. The van der Waals surface area contributed by atoms with Gasteiger partial charge in [0.1, 0.15) is 17.3 Å². The molecule has 2 heterocycles. The summed E-state index contributed by atoms with van der Waals surface area (Å²) < 4.78 is 34.8. The van der Waals surface area contributed by atoms with Gasteiger partial charge in [-0.05, 0) is 23.8 Å².